The number of fused-ring (bicyclic) bond motifs is 1. The summed E-state index contributed by atoms with van der Waals surface area (Å²) in [4.78, 5) is 6.23. The summed E-state index contributed by atoms with van der Waals surface area (Å²) in [5.41, 5.74) is 1.52. The number of ether oxygens (including phenoxy) is 1. The molecule has 3 rings (SSSR count). The van der Waals surface area contributed by atoms with Gasteiger partial charge in [0.1, 0.15) is 23.9 Å². The van der Waals surface area contributed by atoms with Gasteiger partial charge in [0.15, 0.2) is 23.1 Å². The lowest BCUT2D eigenvalue weighted by Gasteiger charge is -2.10. The highest BCUT2D eigenvalue weighted by atomic mass is 19.1. The molecule has 0 saturated carbocycles. The summed E-state index contributed by atoms with van der Waals surface area (Å²) < 4.78 is 48.0. The Kier molecular flexibility index (Phi) is 6.45. The van der Waals surface area contributed by atoms with Crippen LogP contribution in [0.1, 0.15) is 17.7 Å². The standard InChI is InChI=1S/C22H24F3N3O3/c1-12-14(11-31-22-15(24)8-13(23)9-16(22)25)19-20(28(12)4)18(29)10-17(21(19)30)26-6-5-7-27(2)3/h6,8-10,29-30H,5,7,11H2,1-4H3. The Morgan fingerprint density at radius 2 is 1.77 bits per heavy atom. The summed E-state index contributed by atoms with van der Waals surface area (Å²) in [6.07, 6.45) is 2.27. The molecule has 6 nitrogen and oxygen atoms in total. The highest BCUT2D eigenvalue weighted by Crippen LogP contribution is 2.44. The number of phenols is 2. The smallest absolute Gasteiger partial charge is 0.191 e. The highest BCUT2D eigenvalue weighted by molar-refractivity contribution is 5.99. The average molecular weight is 435 g/mol. The molecule has 0 spiro atoms. The lowest BCUT2D eigenvalue weighted by atomic mass is 10.1. The van der Waals surface area contributed by atoms with E-state index in [1.807, 2.05) is 19.0 Å². The van der Waals surface area contributed by atoms with E-state index in [1.165, 1.54) is 6.07 Å². The van der Waals surface area contributed by atoms with Crippen molar-refractivity contribution in [2.45, 2.75) is 20.0 Å². The number of halogens is 3. The van der Waals surface area contributed by atoms with E-state index < -0.39 is 23.2 Å². The van der Waals surface area contributed by atoms with Crippen LogP contribution in [0.25, 0.3) is 10.9 Å². The zero-order valence-electron chi connectivity index (χ0n) is 17.7. The number of phenolic OH excluding ortho intramolecular Hbond substituents is 2. The second-order valence-corrected chi connectivity index (χ2v) is 7.50. The van der Waals surface area contributed by atoms with Gasteiger partial charge < -0.3 is 24.4 Å². The van der Waals surface area contributed by atoms with Crippen molar-refractivity contribution in [3.05, 3.63) is 46.9 Å². The molecule has 2 N–H and O–H groups in total. The second-order valence-electron chi connectivity index (χ2n) is 7.50. The van der Waals surface area contributed by atoms with Crippen LogP contribution >= 0.6 is 0 Å². The van der Waals surface area contributed by atoms with Gasteiger partial charge in [-0.15, -0.1) is 0 Å². The van der Waals surface area contributed by atoms with Crippen LogP contribution in [0.4, 0.5) is 18.9 Å². The van der Waals surface area contributed by atoms with Crippen LogP contribution in [0.3, 0.4) is 0 Å². The van der Waals surface area contributed by atoms with Crippen LogP contribution < -0.4 is 4.74 Å². The summed E-state index contributed by atoms with van der Waals surface area (Å²) in [6, 6.07) is 2.41. The molecule has 0 bridgehead atoms. The third-order valence-electron chi connectivity index (χ3n) is 5.07. The number of aromatic hydroxyl groups is 2. The maximum Gasteiger partial charge on any atom is 0.191 e. The number of hydrogen-bond acceptors (Lipinski definition) is 5. The summed E-state index contributed by atoms with van der Waals surface area (Å²) in [6.45, 7) is 2.16. The van der Waals surface area contributed by atoms with E-state index in [4.69, 9.17) is 4.74 Å². The number of nitrogens with zero attached hydrogens (tertiary/aromatic N) is 3. The zero-order valence-corrected chi connectivity index (χ0v) is 17.7. The molecule has 0 unspecified atom stereocenters. The Hall–Kier alpha value is -3.20. The predicted molar refractivity (Wildman–Crippen MR) is 113 cm³/mol. The van der Waals surface area contributed by atoms with Crippen LogP contribution in [0.2, 0.25) is 0 Å². The fourth-order valence-corrected chi connectivity index (χ4v) is 3.38. The monoisotopic (exact) mass is 435 g/mol. The third-order valence-corrected chi connectivity index (χ3v) is 5.07. The SMILES string of the molecule is Cc1c(COc2c(F)cc(F)cc2F)c2c(O)c(N=CCCN(C)C)cc(O)c2n1C. The highest BCUT2D eigenvalue weighted by Gasteiger charge is 2.23. The minimum atomic E-state index is -1.17. The van der Waals surface area contributed by atoms with Crippen molar-refractivity contribution >= 4 is 22.8 Å². The molecule has 9 heteroatoms. The molecular formula is C22H24F3N3O3. The number of aryl methyl sites for hydroxylation is 1. The van der Waals surface area contributed by atoms with Crippen molar-refractivity contribution in [1.82, 2.24) is 9.47 Å². The quantitative estimate of drug-likeness (QED) is 0.422. The minimum absolute atomic E-state index is 0.108. The molecule has 3 aromatic rings. The van der Waals surface area contributed by atoms with Crippen LogP contribution in [0, 0.1) is 24.4 Å². The Morgan fingerprint density at radius 1 is 1.13 bits per heavy atom. The molecule has 0 saturated heterocycles. The molecule has 1 aromatic heterocycles. The van der Waals surface area contributed by atoms with E-state index in [-0.39, 0.29) is 29.2 Å². The zero-order chi connectivity index (χ0) is 22.9. The first kappa shape index (κ1) is 22.5. The van der Waals surface area contributed by atoms with Crippen LogP contribution in [0.15, 0.2) is 23.2 Å². The molecule has 166 valence electrons. The van der Waals surface area contributed by atoms with Gasteiger partial charge in [-0.2, -0.15) is 0 Å². The average Bonchev–Trinajstić information content (AvgIpc) is 2.93. The lowest BCUT2D eigenvalue weighted by Crippen LogP contribution is -2.12. The van der Waals surface area contributed by atoms with Crippen molar-refractivity contribution in [1.29, 1.82) is 0 Å². The van der Waals surface area contributed by atoms with Crippen LogP contribution in [0.5, 0.6) is 17.2 Å². The van der Waals surface area contributed by atoms with Gasteiger partial charge in [-0.1, -0.05) is 0 Å². The molecule has 1 heterocycles. The largest absolute Gasteiger partial charge is 0.506 e. The molecule has 0 amide bonds. The van der Waals surface area contributed by atoms with Gasteiger partial charge in [0, 0.05) is 49.3 Å². The first-order valence-corrected chi connectivity index (χ1v) is 9.59. The van der Waals surface area contributed by atoms with Crippen molar-refractivity contribution in [3.8, 4) is 17.2 Å². The Labute approximate surface area is 177 Å². The van der Waals surface area contributed by atoms with Crippen LogP contribution in [-0.4, -0.2) is 46.5 Å². The first-order chi connectivity index (χ1) is 14.6. The summed E-state index contributed by atoms with van der Waals surface area (Å²) in [5.74, 6) is -4.41. The molecule has 0 aliphatic heterocycles. The van der Waals surface area contributed by atoms with Gasteiger partial charge >= 0.3 is 0 Å². The van der Waals surface area contributed by atoms with Crippen LogP contribution in [-0.2, 0) is 13.7 Å². The molecule has 0 aliphatic rings. The Morgan fingerprint density at radius 3 is 2.39 bits per heavy atom. The van der Waals surface area contributed by atoms with E-state index in [1.54, 1.807) is 24.8 Å². The molecule has 0 aliphatic carbocycles. The molecule has 2 aromatic carbocycles. The normalized spacial score (nSPS) is 11.9. The fraction of sp³-hybridized carbons (Fsp3) is 0.318. The molecule has 31 heavy (non-hydrogen) atoms. The van der Waals surface area contributed by atoms with Gasteiger partial charge in [-0.3, -0.25) is 4.99 Å². The third kappa shape index (κ3) is 4.46. The van der Waals surface area contributed by atoms with Gasteiger partial charge in [0.25, 0.3) is 0 Å². The number of aliphatic imine (C=N–C) groups is 1. The van der Waals surface area contributed by atoms with E-state index >= 15 is 0 Å². The van der Waals surface area contributed by atoms with Crippen molar-refractivity contribution in [2.75, 3.05) is 20.6 Å². The summed E-state index contributed by atoms with van der Waals surface area (Å²) >= 11 is 0. The van der Waals surface area contributed by atoms with Gasteiger partial charge in [0.05, 0.1) is 10.9 Å². The van der Waals surface area contributed by atoms with Gasteiger partial charge in [0.2, 0.25) is 0 Å². The lowest BCUT2D eigenvalue weighted by molar-refractivity contribution is 0.272. The number of benzene rings is 2. The van der Waals surface area contributed by atoms with E-state index in [0.29, 0.717) is 35.3 Å². The topological polar surface area (TPSA) is 70.2 Å². The maximum atomic E-state index is 13.9. The summed E-state index contributed by atoms with van der Waals surface area (Å²) in [7, 11) is 5.53. The summed E-state index contributed by atoms with van der Waals surface area (Å²) in [5, 5.41) is 21.6. The molecule has 0 fully saturated rings. The van der Waals surface area contributed by atoms with E-state index in [2.05, 4.69) is 4.99 Å². The van der Waals surface area contributed by atoms with Gasteiger partial charge in [-0.25, -0.2) is 13.2 Å². The van der Waals surface area contributed by atoms with Crippen molar-refractivity contribution in [2.24, 2.45) is 12.0 Å². The van der Waals surface area contributed by atoms with Crippen molar-refractivity contribution in [3.63, 3.8) is 0 Å². The Balaban J connectivity index is 2.02. The van der Waals surface area contributed by atoms with E-state index in [0.717, 1.165) is 6.54 Å². The van der Waals surface area contributed by atoms with Gasteiger partial charge in [-0.05, 0) is 27.4 Å². The number of rotatable bonds is 7. The Bertz CT molecular complexity index is 1130. The molecule has 0 radical (unpaired) electrons. The molecule has 0 atom stereocenters. The minimum Gasteiger partial charge on any atom is -0.506 e. The second kappa shape index (κ2) is 8.89. The van der Waals surface area contributed by atoms with E-state index in [9.17, 15) is 23.4 Å². The fourth-order valence-electron chi connectivity index (χ4n) is 3.38. The first-order valence-electron chi connectivity index (χ1n) is 9.59. The predicted octanol–water partition coefficient (Wildman–Crippen LogP) is 4.55. The van der Waals surface area contributed by atoms with Crippen molar-refractivity contribution < 1.29 is 28.1 Å². The number of hydrogen-bond donors (Lipinski definition) is 2. The molecular weight excluding hydrogens is 411 g/mol. The maximum absolute atomic E-state index is 13.9. The number of aromatic nitrogens is 1.